The van der Waals surface area contributed by atoms with Crippen LogP contribution in [0.5, 0.6) is 0 Å². The SMILES string of the molecule is CC(C)c1ccc(/C=C(\C#N)C(=O)OCC(=O)N(C)CC(=O)NC2CC2)cc1. The van der Waals surface area contributed by atoms with E-state index >= 15 is 0 Å². The van der Waals surface area contributed by atoms with Gasteiger partial charge in [-0.25, -0.2) is 4.79 Å². The third kappa shape index (κ3) is 6.54. The molecule has 1 aliphatic carbocycles. The molecule has 0 heterocycles. The Kier molecular flexibility index (Phi) is 7.33. The van der Waals surface area contributed by atoms with Gasteiger partial charge in [0, 0.05) is 13.1 Å². The maximum absolute atomic E-state index is 12.1. The van der Waals surface area contributed by atoms with Crippen LogP contribution in [0, 0.1) is 11.3 Å². The van der Waals surface area contributed by atoms with E-state index in [4.69, 9.17) is 4.74 Å². The summed E-state index contributed by atoms with van der Waals surface area (Å²) in [5, 5.41) is 12.0. The molecule has 1 aromatic carbocycles. The first kappa shape index (κ1) is 21.2. The number of likely N-dealkylation sites (N-methyl/N-ethyl adjacent to an activating group) is 1. The van der Waals surface area contributed by atoms with Crippen molar-refractivity contribution < 1.29 is 19.1 Å². The van der Waals surface area contributed by atoms with Gasteiger partial charge in [-0.2, -0.15) is 5.26 Å². The summed E-state index contributed by atoms with van der Waals surface area (Å²) in [5.41, 5.74) is 1.65. The first-order valence-electron chi connectivity index (χ1n) is 9.22. The molecule has 7 heteroatoms. The Hall–Kier alpha value is -3.14. The maximum atomic E-state index is 12.1. The third-order valence-electron chi connectivity index (χ3n) is 4.33. The van der Waals surface area contributed by atoms with Crippen LogP contribution in [0.15, 0.2) is 29.8 Å². The van der Waals surface area contributed by atoms with Crippen molar-refractivity contribution in [2.24, 2.45) is 0 Å². The molecular weight excluding hydrogens is 358 g/mol. The number of amides is 2. The Balaban J connectivity index is 1.87. The highest BCUT2D eigenvalue weighted by Crippen LogP contribution is 2.18. The number of rotatable bonds is 8. The van der Waals surface area contributed by atoms with Crippen LogP contribution in [0.3, 0.4) is 0 Å². The molecule has 1 aromatic rings. The summed E-state index contributed by atoms with van der Waals surface area (Å²) >= 11 is 0. The van der Waals surface area contributed by atoms with Crippen LogP contribution < -0.4 is 5.32 Å². The molecule has 2 rings (SSSR count). The second-order valence-corrected chi connectivity index (χ2v) is 7.16. The fourth-order valence-electron chi connectivity index (χ4n) is 2.40. The Morgan fingerprint density at radius 1 is 1.29 bits per heavy atom. The van der Waals surface area contributed by atoms with E-state index in [1.807, 2.05) is 24.3 Å². The molecule has 1 fully saturated rings. The monoisotopic (exact) mass is 383 g/mol. The van der Waals surface area contributed by atoms with Gasteiger partial charge in [0.2, 0.25) is 5.91 Å². The second kappa shape index (κ2) is 9.70. The number of nitrogens with one attached hydrogen (secondary N) is 1. The molecule has 0 unspecified atom stereocenters. The molecular formula is C21H25N3O4. The minimum Gasteiger partial charge on any atom is -0.451 e. The Morgan fingerprint density at radius 3 is 2.46 bits per heavy atom. The van der Waals surface area contributed by atoms with Gasteiger partial charge in [0.05, 0.1) is 6.54 Å². The smallest absolute Gasteiger partial charge is 0.349 e. The summed E-state index contributed by atoms with van der Waals surface area (Å²) in [4.78, 5) is 37.0. The lowest BCUT2D eigenvalue weighted by atomic mass is 10.0. The molecule has 2 amide bonds. The molecule has 0 aliphatic heterocycles. The maximum Gasteiger partial charge on any atom is 0.349 e. The van der Waals surface area contributed by atoms with Gasteiger partial charge in [-0.1, -0.05) is 38.1 Å². The molecule has 148 valence electrons. The summed E-state index contributed by atoms with van der Waals surface area (Å²) < 4.78 is 4.93. The normalized spacial score (nSPS) is 13.6. The summed E-state index contributed by atoms with van der Waals surface area (Å²) in [6, 6.07) is 9.51. The van der Waals surface area contributed by atoms with Crippen LogP contribution in [0.4, 0.5) is 0 Å². The van der Waals surface area contributed by atoms with Crippen LogP contribution in [0.2, 0.25) is 0 Å². The second-order valence-electron chi connectivity index (χ2n) is 7.16. The van der Waals surface area contributed by atoms with Gasteiger partial charge in [-0.15, -0.1) is 0 Å². The van der Waals surface area contributed by atoms with Crippen molar-refractivity contribution in [2.45, 2.75) is 38.6 Å². The van der Waals surface area contributed by atoms with Crippen molar-refractivity contribution in [1.82, 2.24) is 10.2 Å². The molecule has 1 aliphatic rings. The van der Waals surface area contributed by atoms with Crippen molar-refractivity contribution in [2.75, 3.05) is 20.2 Å². The lowest BCUT2D eigenvalue weighted by Crippen LogP contribution is -2.40. The molecule has 0 spiro atoms. The van der Waals surface area contributed by atoms with Gasteiger partial charge in [0.1, 0.15) is 11.6 Å². The first-order valence-corrected chi connectivity index (χ1v) is 9.22. The highest BCUT2D eigenvalue weighted by molar-refractivity contribution is 5.99. The first-order chi connectivity index (χ1) is 13.3. The number of carbonyl (C=O) groups is 3. The molecule has 0 bridgehead atoms. The molecule has 1 saturated carbocycles. The van der Waals surface area contributed by atoms with Gasteiger partial charge in [0.15, 0.2) is 6.61 Å². The standard InChI is InChI=1S/C21H25N3O4/c1-14(2)16-6-4-15(5-7-16)10-17(11-22)21(27)28-13-20(26)24(3)12-19(25)23-18-8-9-18/h4-7,10,14,18H,8-9,12-13H2,1-3H3,(H,23,25)/b17-10+. The van der Waals surface area contributed by atoms with Crippen LogP contribution in [0.25, 0.3) is 6.08 Å². The summed E-state index contributed by atoms with van der Waals surface area (Å²) in [5.74, 6) is -1.25. The molecule has 0 atom stereocenters. The third-order valence-corrected chi connectivity index (χ3v) is 4.33. The van der Waals surface area contributed by atoms with Gasteiger partial charge in [-0.3, -0.25) is 9.59 Å². The number of nitrogens with zero attached hydrogens (tertiary/aromatic N) is 2. The van der Waals surface area contributed by atoms with Gasteiger partial charge in [0.25, 0.3) is 5.91 Å². The van der Waals surface area contributed by atoms with Gasteiger partial charge in [-0.05, 0) is 36.0 Å². The summed E-state index contributed by atoms with van der Waals surface area (Å²) in [7, 11) is 1.46. The van der Waals surface area contributed by atoms with Crippen LogP contribution in [-0.4, -0.2) is 48.9 Å². The van der Waals surface area contributed by atoms with Gasteiger partial charge < -0.3 is 15.0 Å². The van der Waals surface area contributed by atoms with E-state index in [0.717, 1.165) is 18.4 Å². The van der Waals surface area contributed by atoms with Crippen molar-refractivity contribution >= 4 is 23.9 Å². The highest BCUT2D eigenvalue weighted by Gasteiger charge is 2.24. The number of carbonyl (C=O) groups excluding carboxylic acids is 3. The van der Waals surface area contributed by atoms with E-state index < -0.39 is 18.5 Å². The Bertz CT molecular complexity index is 802. The van der Waals surface area contributed by atoms with E-state index in [0.29, 0.717) is 11.5 Å². The summed E-state index contributed by atoms with van der Waals surface area (Å²) in [6.45, 7) is 3.52. The number of nitriles is 1. The van der Waals surface area contributed by atoms with Crippen molar-refractivity contribution in [3.05, 3.63) is 41.0 Å². The molecule has 0 radical (unpaired) electrons. The fourth-order valence-corrected chi connectivity index (χ4v) is 2.40. The number of hydrogen-bond donors (Lipinski definition) is 1. The summed E-state index contributed by atoms with van der Waals surface area (Å²) in [6.07, 6.45) is 3.35. The number of benzene rings is 1. The zero-order valence-electron chi connectivity index (χ0n) is 16.4. The highest BCUT2D eigenvalue weighted by atomic mass is 16.5. The predicted molar refractivity (Wildman–Crippen MR) is 104 cm³/mol. The van der Waals surface area contributed by atoms with E-state index in [2.05, 4.69) is 19.2 Å². The van der Waals surface area contributed by atoms with Crippen LogP contribution >= 0.6 is 0 Å². The fraction of sp³-hybridized carbons (Fsp3) is 0.429. The minimum absolute atomic E-state index is 0.101. The van der Waals surface area contributed by atoms with Crippen LogP contribution in [-0.2, 0) is 19.1 Å². The van der Waals surface area contributed by atoms with E-state index in [1.165, 1.54) is 18.0 Å². The Morgan fingerprint density at radius 2 is 1.93 bits per heavy atom. The Labute approximate surface area is 165 Å². The minimum atomic E-state index is -0.875. The molecule has 28 heavy (non-hydrogen) atoms. The van der Waals surface area contributed by atoms with Crippen molar-refractivity contribution in [1.29, 1.82) is 5.26 Å². The zero-order chi connectivity index (χ0) is 20.7. The molecule has 7 nitrogen and oxygen atoms in total. The van der Waals surface area contributed by atoms with E-state index in [9.17, 15) is 19.6 Å². The molecule has 0 aromatic heterocycles. The number of hydrogen-bond acceptors (Lipinski definition) is 5. The quantitative estimate of drug-likeness (QED) is 0.420. The van der Waals surface area contributed by atoms with E-state index in [1.54, 1.807) is 6.07 Å². The lowest BCUT2D eigenvalue weighted by Gasteiger charge is -2.16. The van der Waals surface area contributed by atoms with Gasteiger partial charge >= 0.3 is 5.97 Å². The number of ether oxygens (including phenoxy) is 1. The number of esters is 1. The average molecular weight is 383 g/mol. The topological polar surface area (TPSA) is 99.5 Å². The largest absolute Gasteiger partial charge is 0.451 e. The molecule has 0 saturated heterocycles. The van der Waals surface area contributed by atoms with Crippen LogP contribution in [0.1, 0.15) is 43.7 Å². The molecule has 1 N–H and O–H groups in total. The van der Waals surface area contributed by atoms with Crippen molar-refractivity contribution in [3.8, 4) is 6.07 Å². The average Bonchev–Trinajstić information content (AvgIpc) is 3.47. The van der Waals surface area contributed by atoms with Crippen molar-refractivity contribution in [3.63, 3.8) is 0 Å². The predicted octanol–water partition coefficient (Wildman–Crippen LogP) is 2.00. The van der Waals surface area contributed by atoms with E-state index in [-0.39, 0.29) is 24.1 Å². The lowest BCUT2D eigenvalue weighted by molar-refractivity contribution is -0.148. The zero-order valence-corrected chi connectivity index (χ0v) is 16.4.